The lowest BCUT2D eigenvalue weighted by Crippen LogP contribution is -2.34. The first kappa shape index (κ1) is 21.5. The molecule has 0 aliphatic carbocycles. The highest BCUT2D eigenvalue weighted by Crippen LogP contribution is 2.31. The Morgan fingerprint density at radius 3 is 2.27 bits per heavy atom. The van der Waals surface area contributed by atoms with Crippen molar-refractivity contribution in [3.05, 3.63) is 65.6 Å². The second-order valence-electron chi connectivity index (χ2n) is 7.15. The predicted octanol–water partition coefficient (Wildman–Crippen LogP) is 3.84. The van der Waals surface area contributed by atoms with Crippen molar-refractivity contribution in [1.82, 2.24) is 4.90 Å². The summed E-state index contributed by atoms with van der Waals surface area (Å²) in [5.41, 5.74) is 1.50. The number of anilines is 1. The monoisotopic (exact) mass is 412 g/mol. The van der Waals surface area contributed by atoms with Crippen LogP contribution in [0, 0.1) is 5.82 Å². The van der Waals surface area contributed by atoms with Crippen LogP contribution in [0.4, 0.5) is 10.1 Å². The van der Waals surface area contributed by atoms with Crippen molar-refractivity contribution in [3.8, 4) is 5.75 Å². The molecule has 0 saturated carbocycles. The molecule has 0 fully saturated rings. The number of imide groups is 1. The Morgan fingerprint density at radius 1 is 1.00 bits per heavy atom. The fourth-order valence-electron chi connectivity index (χ4n) is 3.14. The molecule has 158 valence electrons. The van der Waals surface area contributed by atoms with Gasteiger partial charge in [0.25, 0.3) is 11.8 Å². The van der Waals surface area contributed by atoms with Gasteiger partial charge in [0.2, 0.25) is 0 Å². The number of nitrogens with one attached hydrogen (secondary N) is 1. The molecule has 2 aromatic carbocycles. The van der Waals surface area contributed by atoms with Gasteiger partial charge in [-0.05, 0) is 62.2 Å². The first-order chi connectivity index (χ1) is 14.4. The largest absolute Gasteiger partial charge is 0.497 e. The number of halogens is 1. The van der Waals surface area contributed by atoms with Crippen LogP contribution in [0.3, 0.4) is 0 Å². The minimum atomic E-state index is -0.417. The molecule has 7 heteroatoms. The van der Waals surface area contributed by atoms with Crippen molar-refractivity contribution >= 4 is 23.1 Å². The molecule has 1 aliphatic heterocycles. The van der Waals surface area contributed by atoms with E-state index in [0.29, 0.717) is 30.0 Å². The molecular formula is C23H25FN2O4. The normalized spacial score (nSPS) is 14.1. The van der Waals surface area contributed by atoms with Gasteiger partial charge in [-0.3, -0.25) is 14.5 Å². The highest BCUT2D eigenvalue weighted by atomic mass is 19.1. The number of rotatable bonds is 9. The first-order valence-corrected chi connectivity index (χ1v) is 9.79. The summed E-state index contributed by atoms with van der Waals surface area (Å²) in [6, 6.07) is 12.5. The van der Waals surface area contributed by atoms with Crippen LogP contribution in [0.2, 0.25) is 0 Å². The third-order valence-electron chi connectivity index (χ3n) is 4.64. The van der Waals surface area contributed by atoms with Crippen molar-refractivity contribution in [2.24, 2.45) is 0 Å². The van der Waals surface area contributed by atoms with E-state index in [-0.39, 0.29) is 23.9 Å². The van der Waals surface area contributed by atoms with E-state index in [1.165, 1.54) is 29.2 Å². The molecule has 2 aromatic rings. The van der Waals surface area contributed by atoms with E-state index in [4.69, 9.17) is 9.47 Å². The number of nitrogens with zero attached hydrogens (tertiary/aromatic N) is 1. The Labute approximate surface area is 175 Å². The van der Waals surface area contributed by atoms with Crippen LogP contribution in [-0.2, 0) is 14.3 Å². The SMILES string of the molecule is COc1ccc(NC2=C(c3ccc(F)cc3)C(=O)N(CCCOC(C)C)C2=O)cc1. The second kappa shape index (κ2) is 9.54. The highest BCUT2D eigenvalue weighted by Gasteiger charge is 2.38. The van der Waals surface area contributed by atoms with Gasteiger partial charge in [0.05, 0.1) is 18.8 Å². The molecule has 2 amide bonds. The van der Waals surface area contributed by atoms with Crippen LogP contribution in [0.15, 0.2) is 54.2 Å². The van der Waals surface area contributed by atoms with Crippen molar-refractivity contribution < 1.29 is 23.5 Å². The number of ether oxygens (including phenoxy) is 2. The average molecular weight is 412 g/mol. The molecule has 0 bridgehead atoms. The van der Waals surface area contributed by atoms with Crippen molar-refractivity contribution in [1.29, 1.82) is 0 Å². The quantitative estimate of drug-likeness (QED) is 0.501. The fraction of sp³-hybridized carbons (Fsp3) is 0.304. The van der Waals surface area contributed by atoms with Gasteiger partial charge in [-0.25, -0.2) is 4.39 Å². The fourth-order valence-corrected chi connectivity index (χ4v) is 3.14. The summed E-state index contributed by atoms with van der Waals surface area (Å²) in [5, 5.41) is 3.06. The number of carbonyl (C=O) groups excluding carboxylic acids is 2. The lowest BCUT2D eigenvalue weighted by atomic mass is 10.0. The summed E-state index contributed by atoms with van der Waals surface area (Å²) in [4.78, 5) is 27.4. The molecule has 3 rings (SSSR count). The molecule has 6 nitrogen and oxygen atoms in total. The Balaban J connectivity index is 1.88. The van der Waals surface area contributed by atoms with E-state index < -0.39 is 17.6 Å². The summed E-state index contributed by atoms with van der Waals surface area (Å²) in [6.45, 7) is 4.54. The summed E-state index contributed by atoms with van der Waals surface area (Å²) in [6.07, 6.45) is 0.609. The van der Waals surface area contributed by atoms with Gasteiger partial charge < -0.3 is 14.8 Å². The molecular weight excluding hydrogens is 387 g/mol. The standard InChI is InChI=1S/C23H25FN2O4/c1-15(2)30-14-4-13-26-22(27)20(16-5-7-17(24)8-6-16)21(23(26)28)25-18-9-11-19(29-3)12-10-18/h5-12,15,25H,4,13-14H2,1-3H3. The number of carbonyl (C=O) groups is 2. The molecule has 30 heavy (non-hydrogen) atoms. The number of amides is 2. The number of hydrogen-bond donors (Lipinski definition) is 1. The highest BCUT2D eigenvalue weighted by molar-refractivity contribution is 6.36. The zero-order valence-corrected chi connectivity index (χ0v) is 17.3. The third-order valence-corrected chi connectivity index (χ3v) is 4.64. The lowest BCUT2D eigenvalue weighted by molar-refractivity contribution is -0.137. The first-order valence-electron chi connectivity index (χ1n) is 9.79. The zero-order valence-electron chi connectivity index (χ0n) is 17.3. The maximum Gasteiger partial charge on any atom is 0.278 e. The second-order valence-corrected chi connectivity index (χ2v) is 7.15. The van der Waals surface area contributed by atoms with E-state index in [2.05, 4.69) is 5.32 Å². The molecule has 0 spiro atoms. The predicted molar refractivity (Wildman–Crippen MR) is 112 cm³/mol. The Morgan fingerprint density at radius 2 is 1.67 bits per heavy atom. The number of hydrogen-bond acceptors (Lipinski definition) is 5. The molecule has 0 saturated heterocycles. The van der Waals surface area contributed by atoms with E-state index >= 15 is 0 Å². The summed E-state index contributed by atoms with van der Waals surface area (Å²) in [7, 11) is 1.57. The Kier molecular flexibility index (Phi) is 6.84. The molecule has 0 aromatic heterocycles. The van der Waals surface area contributed by atoms with Gasteiger partial charge in [-0.1, -0.05) is 12.1 Å². The lowest BCUT2D eigenvalue weighted by Gasteiger charge is -2.16. The maximum absolute atomic E-state index is 13.4. The summed E-state index contributed by atoms with van der Waals surface area (Å²) in [5.74, 6) is -0.566. The summed E-state index contributed by atoms with van der Waals surface area (Å²) >= 11 is 0. The molecule has 0 atom stereocenters. The van der Waals surface area contributed by atoms with Gasteiger partial charge in [0, 0.05) is 18.8 Å². The van der Waals surface area contributed by atoms with Crippen molar-refractivity contribution in [2.75, 3.05) is 25.6 Å². The Bertz CT molecular complexity index is 937. The van der Waals surface area contributed by atoms with E-state index in [1.54, 1.807) is 31.4 Å². The van der Waals surface area contributed by atoms with Crippen LogP contribution < -0.4 is 10.1 Å². The van der Waals surface area contributed by atoms with E-state index in [9.17, 15) is 14.0 Å². The minimum Gasteiger partial charge on any atom is -0.497 e. The van der Waals surface area contributed by atoms with Gasteiger partial charge in [0.1, 0.15) is 17.3 Å². The number of methoxy groups -OCH3 is 1. The van der Waals surface area contributed by atoms with Gasteiger partial charge in [-0.15, -0.1) is 0 Å². The topological polar surface area (TPSA) is 67.9 Å². The van der Waals surface area contributed by atoms with Gasteiger partial charge in [-0.2, -0.15) is 0 Å². The van der Waals surface area contributed by atoms with Gasteiger partial charge in [0.15, 0.2) is 0 Å². The van der Waals surface area contributed by atoms with Crippen molar-refractivity contribution in [3.63, 3.8) is 0 Å². The smallest absolute Gasteiger partial charge is 0.278 e. The Hall–Kier alpha value is -3.19. The van der Waals surface area contributed by atoms with Crippen LogP contribution in [0.25, 0.3) is 5.57 Å². The molecule has 0 radical (unpaired) electrons. The van der Waals surface area contributed by atoms with E-state index in [0.717, 1.165) is 0 Å². The third kappa shape index (κ3) is 4.86. The van der Waals surface area contributed by atoms with E-state index in [1.807, 2.05) is 13.8 Å². The van der Waals surface area contributed by atoms with Gasteiger partial charge >= 0.3 is 0 Å². The zero-order chi connectivity index (χ0) is 21.7. The number of benzene rings is 2. The maximum atomic E-state index is 13.4. The van der Waals surface area contributed by atoms with Crippen LogP contribution in [0.5, 0.6) is 5.75 Å². The van der Waals surface area contributed by atoms with Crippen LogP contribution in [-0.4, -0.2) is 43.1 Å². The molecule has 1 heterocycles. The minimum absolute atomic E-state index is 0.0789. The molecule has 1 aliphatic rings. The summed E-state index contributed by atoms with van der Waals surface area (Å²) < 4.78 is 24.1. The van der Waals surface area contributed by atoms with Crippen LogP contribution >= 0.6 is 0 Å². The van der Waals surface area contributed by atoms with Crippen molar-refractivity contribution in [2.45, 2.75) is 26.4 Å². The molecule has 0 unspecified atom stereocenters. The van der Waals surface area contributed by atoms with Crippen LogP contribution in [0.1, 0.15) is 25.8 Å². The average Bonchev–Trinajstić information content (AvgIpc) is 2.96. The molecule has 1 N–H and O–H groups in total.